The van der Waals surface area contributed by atoms with Crippen LogP contribution in [0.3, 0.4) is 0 Å². The van der Waals surface area contributed by atoms with Gasteiger partial charge in [-0.15, -0.1) is 0 Å². The van der Waals surface area contributed by atoms with Crippen LogP contribution in [-0.4, -0.2) is 10.9 Å². The summed E-state index contributed by atoms with van der Waals surface area (Å²) >= 11 is 0. The molecule has 1 aromatic rings. The molecule has 6 nitrogen and oxygen atoms in total. The van der Waals surface area contributed by atoms with Crippen LogP contribution in [0.5, 0.6) is 0 Å². The lowest BCUT2D eigenvalue weighted by Crippen LogP contribution is -2.11. The molecule has 0 unspecified atom stereocenters. The van der Waals surface area contributed by atoms with E-state index >= 15 is 0 Å². The van der Waals surface area contributed by atoms with Gasteiger partial charge in [0.25, 0.3) is 5.69 Å². The van der Waals surface area contributed by atoms with E-state index in [1.54, 1.807) is 6.92 Å². The van der Waals surface area contributed by atoms with Crippen LogP contribution >= 0.6 is 0 Å². The molecule has 0 aliphatic carbocycles. The number of rotatable bonds is 2. The number of hydrogen-bond acceptors (Lipinski definition) is 5. The molecule has 0 amide bonds. The fourth-order valence-electron chi connectivity index (χ4n) is 1.01. The lowest BCUT2D eigenvalue weighted by Gasteiger charge is -2.01. The third-order valence-electron chi connectivity index (χ3n) is 1.76. The van der Waals surface area contributed by atoms with E-state index in [0.29, 0.717) is 5.56 Å². The molecule has 0 heterocycles. The molecule has 0 radical (unpaired) electrons. The number of hydrogen-bond donors (Lipinski definition) is 1. The first kappa shape index (κ1) is 10.1. The minimum absolute atomic E-state index is 0.0988. The van der Waals surface area contributed by atoms with Crippen LogP contribution in [0.25, 0.3) is 0 Å². The predicted octanol–water partition coefficient (Wildman–Crippen LogP) is 0.934. The maximum atomic E-state index is 11.0. The second-order valence-corrected chi connectivity index (χ2v) is 2.66. The quantitative estimate of drug-likeness (QED) is 0.560. The Bertz CT molecular complexity index is 389. The Hall–Kier alpha value is -1.95. The molecule has 14 heavy (non-hydrogen) atoms. The molecule has 0 aliphatic rings. The molecule has 6 heteroatoms. The van der Waals surface area contributed by atoms with Gasteiger partial charge in [-0.2, -0.15) is 5.90 Å². The van der Waals surface area contributed by atoms with Crippen LogP contribution in [0, 0.1) is 17.0 Å². The Kier molecular flexibility index (Phi) is 2.78. The van der Waals surface area contributed by atoms with Crippen LogP contribution in [0.2, 0.25) is 0 Å². The Morgan fingerprint density at radius 3 is 2.71 bits per heavy atom. The molecule has 0 atom stereocenters. The van der Waals surface area contributed by atoms with Crippen molar-refractivity contribution in [1.29, 1.82) is 0 Å². The Labute approximate surface area is 79.4 Å². The molecule has 0 aliphatic heterocycles. The molecular formula is C8H8N2O4. The number of carbonyl (C=O) groups excluding carboxylic acids is 1. The van der Waals surface area contributed by atoms with Gasteiger partial charge >= 0.3 is 5.97 Å². The maximum absolute atomic E-state index is 11.0. The van der Waals surface area contributed by atoms with E-state index in [1.807, 2.05) is 0 Å². The third kappa shape index (κ3) is 1.86. The second kappa shape index (κ2) is 3.84. The molecule has 0 bridgehead atoms. The van der Waals surface area contributed by atoms with Gasteiger partial charge in [-0.05, 0) is 12.5 Å². The van der Waals surface area contributed by atoms with Crippen LogP contribution in [0.4, 0.5) is 5.69 Å². The summed E-state index contributed by atoms with van der Waals surface area (Å²) in [5.41, 5.74) is 0.503. The number of carbonyl (C=O) groups is 1. The van der Waals surface area contributed by atoms with Crippen LogP contribution in [0.1, 0.15) is 15.9 Å². The zero-order valence-electron chi connectivity index (χ0n) is 7.39. The molecule has 1 rings (SSSR count). The Balaban J connectivity index is 3.21. The molecule has 2 N–H and O–H groups in total. The smallest absolute Gasteiger partial charge is 0.357 e. The van der Waals surface area contributed by atoms with Gasteiger partial charge < -0.3 is 4.84 Å². The van der Waals surface area contributed by atoms with Crippen molar-refractivity contribution in [2.75, 3.05) is 0 Å². The first-order chi connectivity index (χ1) is 6.56. The van der Waals surface area contributed by atoms with Crippen molar-refractivity contribution < 1.29 is 14.6 Å². The predicted molar refractivity (Wildman–Crippen MR) is 47.4 cm³/mol. The van der Waals surface area contributed by atoms with E-state index in [1.165, 1.54) is 12.1 Å². The number of non-ortho nitro benzene ring substituents is 1. The van der Waals surface area contributed by atoms with Gasteiger partial charge in [0, 0.05) is 12.1 Å². The standard InChI is InChI=1S/C8H8N2O4/c1-5-2-3-6(10(12)13)4-7(5)8(11)14-9/h2-4H,9H2,1H3. The first-order valence-corrected chi connectivity index (χ1v) is 3.72. The highest BCUT2D eigenvalue weighted by Crippen LogP contribution is 2.17. The van der Waals surface area contributed by atoms with Gasteiger partial charge in [-0.1, -0.05) is 6.07 Å². The number of aryl methyl sites for hydroxylation is 1. The van der Waals surface area contributed by atoms with Crippen molar-refractivity contribution in [3.05, 3.63) is 39.4 Å². The second-order valence-electron chi connectivity index (χ2n) is 2.66. The molecule has 0 saturated carbocycles. The number of benzene rings is 1. The molecule has 1 aromatic carbocycles. The Morgan fingerprint density at radius 2 is 2.21 bits per heavy atom. The van der Waals surface area contributed by atoms with Gasteiger partial charge in [-0.3, -0.25) is 10.1 Å². The maximum Gasteiger partial charge on any atom is 0.357 e. The molecular weight excluding hydrogens is 188 g/mol. The third-order valence-corrected chi connectivity index (χ3v) is 1.76. The summed E-state index contributed by atoms with van der Waals surface area (Å²) in [7, 11) is 0. The molecule has 0 aromatic heterocycles. The zero-order valence-corrected chi connectivity index (χ0v) is 7.39. The first-order valence-electron chi connectivity index (χ1n) is 3.72. The minimum atomic E-state index is -0.786. The van der Waals surface area contributed by atoms with Crippen molar-refractivity contribution in [2.45, 2.75) is 6.92 Å². The van der Waals surface area contributed by atoms with Gasteiger partial charge in [0.05, 0.1) is 10.5 Å². The van der Waals surface area contributed by atoms with E-state index in [-0.39, 0.29) is 11.3 Å². The van der Waals surface area contributed by atoms with Crippen LogP contribution in [-0.2, 0) is 4.84 Å². The molecule has 74 valence electrons. The minimum Gasteiger partial charge on any atom is -0.370 e. The van der Waals surface area contributed by atoms with E-state index in [4.69, 9.17) is 0 Å². The SMILES string of the molecule is Cc1ccc([N+](=O)[O-])cc1C(=O)ON. The molecule has 0 spiro atoms. The fourth-order valence-corrected chi connectivity index (χ4v) is 1.01. The highest BCUT2D eigenvalue weighted by molar-refractivity contribution is 5.91. The van der Waals surface area contributed by atoms with Gasteiger partial charge in [0.1, 0.15) is 0 Å². The van der Waals surface area contributed by atoms with Crippen molar-refractivity contribution in [3.8, 4) is 0 Å². The van der Waals surface area contributed by atoms with Gasteiger partial charge in [0.2, 0.25) is 0 Å². The number of nitro groups is 1. The summed E-state index contributed by atoms with van der Waals surface area (Å²) in [6, 6.07) is 3.90. The Morgan fingerprint density at radius 1 is 1.57 bits per heavy atom. The van der Waals surface area contributed by atoms with Gasteiger partial charge in [0.15, 0.2) is 0 Å². The highest BCUT2D eigenvalue weighted by Gasteiger charge is 2.14. The van der Waals surface area contributed by atoms with Crippen molar-refractivity contribution in [2.24, 2.45) is 5.90 Å². The zero-order chi connectivity index (χ0) is 10.7. The molecule has 0 fully saturated rings. The van der Waals surface area contributed by atoms with Crippen LogP contribution < -0.4 is 5.90 Å². The van der Waals surface area contributed by atoms with E-state index in [0.717, 1.165) is 6.07 Å². The topological polar surface area (TPSA) is 95.5 Å². The number of nitrogens with zero attached hydrogens (tertiary/aromatic N) is 1. The van der Waals surface area contributed by atoms with E-state index < -0.39 is 10.9 Å². The summed E-state index contributed by atoms with van der Waals surface area (Å²) in [4.78, 5) is 24.8. The lowest BCUT2D eigenvalue weighted by atomic mass is 10.1. The summed E-state index contributed by atoms with van der Waals surface area (Å²) in [6.07, 6.45) is 0. The van der Waals surface area contributed by atoms with Crippen LogP contribution in [0.15, 0.2) is 18.2 Å². The lowest BCUT2D eigenvalue weighted by molar-refractivity contribution is -0.384. The van der Waals surface area contributed by atoms with Crippen molar-refractivity contribution in [1.82, 2.24) is 0 Å². The monoisotopic (exact) mass is 196 g/mol. The summed E-state index contributed by atoms with van der Waals surface area (Å²) in [5.74, 6) is 3.89. The van der Waals surface area contributed by atoms with Crippen molar-refractivity contribution >= 4 is 11.7 Å². The molecule has 0 saturated heterocycles. The normalized spacial score (nSPS) is 9.57. The highest BCUT2D eigenvalue weighted by atomic mass is 16.7. The van der Waals surface area contributed by atoms with E-state index in [9.17, 15) is 14.9 Å². The van der Waals surface area contributed by atoms with E-state index in [2.05, 4.69) is 10.7 Å². The fraction of sp³-hybridized carbons (Fsp3) is 0.125. The summed E-state index contributed by atoms with van der Waals surface area (Å²) in [6.45, 7) is 1.63. The summed E-state index contributed by atoms with van der Waals surface area (Å²) in [5, 5.41) is 10.4. The number of nitrogens with two attached hydrogens (primary N) is 1. The van der Waals surface area contributed by atoms with Gasteiger partial charge in [-0.25, -0.2) is 4.79 Å². The average molecular weight is 196 g/mol. The average Bonchev–Trinajstić information content (AvgIpc) is 2.17. The summed E-state index contributed by atoms with van der Waals surface area (Å²) < 4.78 is 0. The van der Waals surface area contributed by atoms with Crippen molar-refractivity contribution in [3.63, 3.8) is 0 Å². The number of nitro benzene ring substituents is 1. The largest absolute Gasteiger partial charge is 0.370 e.